The maximum atomic E-state index is 12.6. The van der Waals surface area contributed by atoms with Crippen LogP contribution in [0.5, 0.6) is 0 Å². The topological polar surface area (TPSA) is 192 Å². The lowest BCUT2D eigenvalue weighted by Crippen LogP contribution is -2.34. The van der Waals surface area contributed by atoms with Gasteiger partial charge in [-0.2, -0.15) is 0 Å². The second-order valence-electron chi connectivity index (χ2n) is 13.2. The van der Waals surface area contributed by atoms with E-state index in [-0.39, 0.29) is 19.4 Å². The number of carboxylic acid groups (broad SMARTS) is 1. The van der Waals surface area contributed by atoms with Crippen molar-refractivity contribution in [1.82, 2.24) is 0 Å². The zero-order valence-electron chi connectivity index (χ0n) is 32.0. The Balaban J connectivity index is 4.48. The van der Waals surface area contributed by atoms with Gasteiger partial charge in [0.05, 0.1) is 19.3 Å². The number of allylic oxidation sites excluding steroid dienone is 4. The molecule has 4 atom stereocenters. The summed E-state index contributed by atoms with van der Waals surface area (Å²) in [5.41, 5.74) is 5.31. The van der Waals surface area contributed by atoms with Crippen LogP contribution in [0.15, 0.2) is 36.5 Å². The Bertz CT molecular complexity index is 1050. The number of esters is 2. The molecule has 0 aliphatic heterocycles. The van der Waals surface area contributed by atoms with Crippen molar-refractivity contribution in [3.63, 3.8) is 0 Å². The number of rotatable bonds is 36. The van der Waals surface area contributed by atoms with Gasteiger partial charge >= 0.3 is 25.7 Å². The average Bonchev–Trinajstić information content (AvgIpc) is 3.11. The van der Waals surface area contributed by atoms with Crippen molar-refractivity contribution in [3.05, 3.63) is 36.5 Å². The van der Waals surface area contributed by atoms with E-state index in [1.807, 2.05) is 24.3 Å². The van der Waals surface area contributed by atoms with Crippen LogP contribution in [0.1, 0.15) is 155 Å². The second-order valence-corrected chi connectivity index (χ2v) is 14.7. The molecule has 5 N–H and O–H groups in total. The molecule has 0 bridgehead atoms. The number of aliphatic hydroxyl groups excluding tert-OH is 1. The first-order valence-electron chi connectivity index (χ1n) is 19.6. The number of ether oxygens (including phenoxy) is 2. The fourth-order valence-corrected chi connectivity index (χ4v) is 5.88. The first-order valence-corrected chi connectivity index (χ1v) is 21.1. The smallest absolute Gasteiger partial charge is 0.472 e. The van der Waals surface area contributed by atoms with Crippen molar-refractivity contribution in [2.45, 2.75) is 173 Å². The van der Waals surface area contributed by atoms with Gasteiger partial charge in [-0.3, -0.25) is 23.4 Å². The highest BCUT2D eigenvalue weighted by atomic mass is 31.2. The SMILES string of the molecule is CC/C=C/CC(O)/C=C/C=C/CCCCCCCC(=O)OC[C@H](COP(=O)(O)OC[C@H](N)C(=O)O)OC(=O)CCCCCCCCCCCCCC. The molecule has 0 spiro atoms. The van der Waals surface area contributed by atoms with E-state index in [2.05, 4.69) is 24.4 Å². The first-order chi connectivity index (χ1) is 25.0. The molecule has 0 heterocycles. The van der Waals surface area contributed by atoms with Crippen molar-refractivity contribution in [2.24, 2.45) is 5.73 Å². The third kappa shape index (κ3) is 33.5. The molecule has 0 amide bonds. The van der Waals surface area contributed by atoms with Crippen LogP contribution >= 0.6 is 7.82 Å². The number of phosphoric acid groups is 1. The highest BCUT2D eigenvalue weighted by Crippen LogP contribution is 2.43. The number of aliphatic carboxylic acids is 1. The van der Waals surface area contributed by atoms with Crippen LogP contribution in [-0.4, -0.2) is 71.1 Å². The Morgan fingerprint density at radius 2 is 1.23 bits per heavy atom. The minimum absolute atomic E-state index is 0.148. The van der Waals surface area contributed by atoms with E-state index in [4.69, 9.17) is 24.8 Å². The molecule has 0 aliphatic carbocycles. The van der Waals surface area contributed by atoms with Gasteiger partial charge in [0.15, 0.2) is 6.10 Å². The van der Waals surface area contributed by atoms with Gasteiger partial charge < -0.3 is 30.3 Å². The standard InChI is InChI=1S/C39H70NO11P/c1-3-5-7-8-9-10-11-12-15-19-22-26-30-38(43)51-35(32-49-52(46,47)50-33-36(40)39(44)45)31-48-37(42)29-25-21-18-16-13-14-17-20-24-28-34(41)27-23-6-4-2/h6,17,20,23-24,28,34-36,41H,3-5,7-16,18-19,21-22,25-27,29-33,40H2,1-2H3,(H,44,45)(H,46,47)/b20-17+,23-6+,28-24+/t34?,35-,36+/m1/s1. The molecular formula is C39H70NO11P. The normalized spacial score (nSPS) is 14.9. The fourth-order valence-electron chi connectivity index (χ4n) is 5.10. The maximum absolute atomic E-state index is 12.6. The average molecular weight is 760 g/mol. The Morgan fingerprint density at radius 3 is 1.81 bits per heavy atom. The summed E-state index contributed by atoms with van der Waals surface area (Å²) in [6.45, 7) is 2.54. The van der Waals surface area contributed by atoms with Gasteiger partial charge in [-0.15, -0.1) is 0 Å². The number of nitrogens with two attached hydrogens (primary N) is 1. The summed E-state index contributed by atoms with van der Waals surface area (Å²) >= 11 is 0. The Hall–Kier alpha value is -2.34. The molecule has 0 aromatic carbocycles. The number of unbranched alkanes of at least 4 members (excludes halogenated alkanes) is 16. The van der Waals surface area contributed by atoms with Crippen molar-refractivity contribution < 1.29 is 52.6 Å². The lowest BCUT2D eigenvalue weighted by molar-refractivity contribution is -0.161. The highest BCUT2D eigenvalue weighted by molar-refractivity contribution is 7.47. The Morgan fingerprint density at radius 1 is 0.692 bits per heavy atom. The largest absolute Gasteiger partial charge is 0.480 e. The van der Waals surface area contributed by atoms with Gasteiger partial charge in [-0.1, -0.05) is 140 Å². The van der Waals surface area contributed by atoms with E-state index in [0.717, 1.165) is 57.8 Å². The van der Waals surface area contributed by atoms with E-state index in [9.17, 15) is 28.9 Å². The van der Waals surface area contributed by atoms with E-state index >= 15 is 0 Å². The van der Waals surface area contributed by atoms with Crippen molar-refractivity contribution in [2.75, 3.05) is 19.8 Å². The molecule has 0 aromatic rings. The molecular weight excluding hydrogens is 689 g/mol. The quantitative estimate of drug-likeness (QED) is 0.0157. The van der Waals surface area contributed by atoms with Crippen LogP contribution in [-0.2, 0) is 37.5 Å². The molecule has 0 saturated carbocycles. The molecule has 13 heteroatoms. The Labute approximate surface area is 313 Å². The minimum Gasteiger partial charge on any atom is -0.480 e. The van der Waals surface area contributed by atoms with Crippen molar-refractivity contribution in [1.29, 1.82) is 0 Å². The maximum Gasteiger partial charge on any atom is 0.472 e. The van der Waals surface area contributed by atoms with Gasteiger partial charge in [-0.25, -0.2) is 4.57 Å². The molecule has 12 nitrogen and oxygen atoms in total. The zero-order valence-corrected chi connectivity index (χ0v) is 32.9. The second kappa shape index (κ2) is 34.4. The number of carboxylic acids is 1. The third-order valence-electron chi connectivity index (χ3n) is 8.23. The number of hydrogen-bond acceptors (Lipinski definition) is 10. The van der Waals surface area contributed by atoms with Gasteiger partial charge in [0, 0.05) is 12.8 Å². The third-order valence-corrected chi connectivity index (χ3v) is 9.18. The number of carbonyl (C=O) groups excluding carboxylic acids is 2. The molecule has 0 radical (unpaired) electrons. The number of carbonyl (C=O) groups is 3. The van der Waals surface area contributed by atoms with Crippen LogP contribution in [0.4, 0.5) is 0 Å². The van der Waals surface area contributed by atoms with Gasteiger partial charge in [0.2, 0.25) is 0 Å². The lowest BCUT2D eigenvalue weighted by Gasteiger charge is -2.20. The number of hydrogen-bond donors (Lipinski definition) is 4. The molecule has 0 aromatic heterocycles. The predicted octanol–water partition coefficient (Wildman–Crippen LogP) is 8.64. The van der Waals surface area contributed by atoms with E-state index in [1.165, 1.54) is 51.4 Å². The van der Waals surface area contributed by atoms with Crippen LogP contribution < -0.4 is 5.73 Å². The van der Waals surface area contributed by atoms with Crippen LogP contribution in [0.2, 0.25) is 0 Å². The summed E-state index contributed by atoms with van der Waals surface area (Å²) in [7, 11) is -4.72. The van der Waals surface area contributed by atoms with Gasteiger partial charge in [0.25, 0.3) is 0 Å². The highest BCUT2D eigenvalue weighted by Gasteiger charge is 2.28. The number of aliphatic hydroxyl groups is 1. The minimum atomic E-state index is -4.72. The Kier molecular flexibility index (Phi) is 32.9. The van der Waals surface area contributed by atoms with E-state index in [0.29, 0.717) is 19.3 Å². The van der Waals surface area contributed by atoms with Gasteiger partial charge in [-0.05, 0) is 38.5 Å². The van der Waals surface area contributed by atoms with E-state index in [1.54, 1.807) is 6.08 Å². The summed E-state index contributed by atoms with van der Waals surface area (Å²) in [4.78, 5) is 45.8. The molecule has 0 rings (SSSR count). The first kappa shape index (κ1) is 49.7. The molecule has 0 fully saturated rings. The molecule has 302 valence electrons. The van der Waals surface area contributed by atoms with Crippen LogP contribution in [0.3, 0.4) is 0 Å². The summed E-state index contributed by atoms with van der Waals surface area (Å²) in [5, 5.41) is 18.7. The molecule has 0 saturated heterocycles. The summed E-state index contributed by atoms with van der Waals surface area (Å²) in [6.07, 6.45) is 31.2. The molecule has 52 heavy (non-hydrogen) atoms. The van der Waals surface area contributed by atoms with Crippen LogP contribution in [0, 0.1) is 0 Å². The molecule has 2 unspecified atom stereocenters. The predicted molar refractivity (Wildman–Crippen MR) is 205 cm³/mol. The van der Waals surface area contributed by atoms with Crippen molar-refractivity contribution in [3.8, 4) is 0 Å². The molecule has 0 aliphatic rings. The fraction of sp³-hybridized carbons (Fsp3) is 0.769. The summed E-state index contributed by atoms with van der Waals surface area (Å²) in [5.74, 6) is -2.44. The summed E-state index contributed by atoms with van der Waals surface area (Å²) in [6, 6.07) is -1.53. The lowest BCUT2D eigenvalue weighted by atomic mass is 10.0. The van der Waals surface area contributed by atoms with Crippen molar-refractivity contribution >= 4 is 25.7 Å². The summed E-state index contributed by atoms with van der Waals surface area (Å²) < 4.78 is 32.5. The zero-order chi connectivity index (χ0) is 38.7. The monoisotopic (exact) mass is 759 g/mol. The van der Waals surface area contributed by atoms with Gasteiger partial charge in [0.1, 0.15) is 12.6 Å². The van der Waals surface area contributed by atoms with Crippen LogP contribution in [0.25, 0.3) is 0 Å². The number of phosphoric ester groups is 1. The van der Waals surface area contributed by atoms with E-state index < -0.39 is 57.2 Å².